The number of sulfonamides is 1. The van der Waals surface area contributed by atoms with Crippen LogP contribution < -0.4 is 10.3 Å². The van der Waals surface area contributed by atoms with Crippen LogP contribution in [0, 0.1) is 0 Å². The number of nitrogens with one attached hydrogen (secondary N) is 2. The van der Waals surface area contributed by atoms with Crippen molar-refractivity contribution in [3.63, 3.8) is 0 Å². The van der Waals surface area contributed by atoms with Crippen LogP contribution in [0.25, 0.3) is 0 Å². The van der Waals surface area contributed by atoms with Crippen molar-refractivity contribution in [2.45, 2.75) is 19.8 Å². The van der Waals surface area contributed by atoms with E-state index < -0.39 is 15.6 Å². The lowest BCUT2D eigenvalue weighted by atomic mass is 10.4. The normalized spacial score (nSPS) is 11.4. The number of rotatable bonds is 5. The van der Waals surface area contributed by atoms with E-state index in [0.29, 0.717) is 10.9 Å². The largest absolute Gasteiger partial charge is 0.326 e. The molecule has 0 aliphatic rings. The van der Waals surface area contributed by atoms with E-state index in [1.807, 2.05) is 6.92 Å². The number of anilines is 1. The molecular formula is C9H13BrN2O3S. The SMILES string of the molecule is CCCCS(=O)(=O)Nc1cc(Br)c[nH]c1=O. The van der Waals surface area contributed by atoms with E-state index in [1.165, 1.54) is 12.3 Å². The molecule has 5 nitrogen and oxygen atoms in total. The molecule has 1 heterocycles. The zero-order valence-electron chi connectivity index (χ0n) is 8.79. The first-order valence-electron chi connectivity index (χ1n) is 4.83. The molecule has 0 saturated carbocycles. The second kappa shape index (κ2) is 5.49. The molecule has 0 bridgehead atoms. The smallest absolute Gasteiger partial charge is 0.272 e. The van der Waals surface area contributed by atoms with Crippen LogP contribution in [-0.4, -0.2) is 19.2 Å². The highest BCUT2D eigenvalue weighted by Gasteiger charge is 2.11. The maximum absolute atomic E-state index is 11.5. The summed E-state index contributed by atoms with van der Waals surface area (Å²) in [6.45, 7) is 1.90. The molecule has 0 atom stereocenters. The fourth-order valence-electron chi connectivity index (χ4n) is 1.09. The number of halogens is 1. The Labute approximate surface area is 102 Å². The van der Waals surface area contributed by atoms with Crippen molar-refractivity contribution in [1.82, 2.24) is 4.98 Å². The minimum atomic E-state index is -3.43. The van der Waals surface area contributed by atoms with Gasteiger partial charge in [0.1, 0.15) is 5.69 Å². The zero-order valence-corrected chi connectivity index (χ0v) is 11.2. The van der Waals surface area contributed by atoms with E-state index in [0.717, 1.165) is 6.42 Å². The highest BCUT2D eigenvalue weighted by molar-refractivity contribution is 9.10. The molecule has 1 aromatic heterocycles. The molecule has 16 heavy (non-hydrogen) atoms. The molecule has 0 aliphatic heterocycles. The van der Waals surface area contributed by atoms with Gasteiger partial charge < -0.3 is 4.98 Å². The van der Waals surface area contributed by atoms with E-state index in [-0.39, 0.29) is 11.4 Å². The van der Waals surface area contributed by atoms with Crippen molar-refractivity contribution in [3.05, 3.63) is 27.1 Å². The van der Waals surface area contributed by atoms with Crippen molar-refractivity contribution in [2.24, 2.45) is 0 Å². The maximum atomic E-state index is 11.5. The predicted octanol–water partition coefficient (Wildman–Crippen LogP) is 1.68. The van der Waals surface area contributed by atoms with Gasteiger partial charge in [0.05, 0.1) is 5.75 Å². The van der Waals surface area contributed by atoms with E-state index in [4.69, 9.17) is 0 Å². The Morgan fingerprint density at radius 1 is 1.50 bits per heavy atom. The maximum Gasteiger partial charge on any atom is 0.272 e. The van der Waals surface area contributed by atoms with Gasteiger partial charge in [0.25, 0.3) is 5.56 Å². The Hall–Kier alpha value is -0.820. The number of aromatic amines is 1. The number of H-pyrrole nitrogens is 1. The Bertz CT molecular complexity index is 510. The number of aromatic nitrogens is 1. The zero-order chi connectivity index (χ0) is 12.2. The highest BCUT2D eigenvalue weighted by atomic mass is 79.9. The first-order chi connectivity index (χ1) is 7.44. The van der Waals surface area contributed by atoms with Crippen molar-refractivity contribution < 1.29 is 8.42 Å². The van der Waals surface area contributed by atoms with E-state index >= 15 is 0 Å². The Morgan fingerprint density at radius 2 is 2.19 bits per heavy atom. The minimum absolute atomic E-state index is 0.0233. The number of unbranched alkanes of at least 4 members (excludes halogenated alkanes) is 1. The molecule has 0 unspecified atom stereocenters. The Kier molecular flexibility index (Phi) is 4.55. The standard InChI is InChI=1S/C9H13BrN2O3S/c1-2-3-4-16(14,15)12-8-5-7(10)6-11-9(8)13/h5-6,12H,2-4H2,1H3,(H,11,13). The lowest BCUT2D eigenvalue weighted by Gasteiger charge is -2.06. The summed E-state index contributed by atoms with van der Waals surface area (Å²) in [5, 5.41) is 0. The van der Waals surface area contributed by atoms with Crippen molar-refractivity contribution in [2.75, 3.05) is 10.5 Å². The quantitative estimate of drug-likeness (QED) is 0.868. The Morgan fingerprint density at radius 3 is 2.81 bits per heavy atom. The molecular weight excluding hydrogens is 296 g/mol. The van der Waals surface area contributed by atoms with E-state index in [1.54, 1.807) is 0 Å². The van der Waals surface area contributed by atoms with Gasteiger partial charge in [-0.25, -0.2) is 8.42 Å². The van der Waals surface area contributed by atoms with Gasteiger partial charge in [-0.3, -0.25) is 9.52 Å². The summed E-state index contributed by atoms with van der Waals surface area (Å²) in [5.41, 5.74) is -0.422. The second-order valence-electron chi connectivity index (χ2n) is 3.34. The Balaban J connectivity index is 2.88. The van der Waals surface area contributed by atoms with Crippen LogP contribution >= 0.6 is 15.9 Å². The molecule has 0 saturated heterocycles. The lowest BCUT2D eigenvalue weighted by molar-refractivity contribution is 0.598. The molecule has 0 fully saturated rings. The summed E-state index contributed by atoms with van der Waals surface area (Å²) in [4.78, 5) is 13.7. The van der Waals surface area contributed by atoms with Crippen LogP contribution in [0.1, 0.15) is 19.8 Å². The fourth-order valence-corrected chi connectivity index (χ4v) is 2.69. The van der Waals surface area contributed by atoms with E-state index in [2.05, 4.69) is 25.6 Å². The topological polar surface area (TPSA) is 79.0 Å². The summed E-state index contributed by atoms with van der Waals surface area (Å²) < 4.78 is 26.0. The van der Waals surface area contributed by atoms with E-state index in [9.17, 15) is 13.2 Å². The van der Waals surface area contributed by atoms with Gasteiger partial charge >= 0.3 is 0 Å². The molecule has 90 valence electrons. The highest BCUT2D eigenvalue weighted by Crippen LogP contribution is 2.11. The fraction of sp³-hybridized carbons (Fsp3) is 0.444. The summed E-state index contributed by atoms with van der Waals surface area (Å²) in [6.07, 6.45) is 2.81. The molecule has 0 aromatic carbocycles. The first-order valence-corrected chi connectivity index (χ1v) is 7.28. The van der Waals surface area contributed by atoms with Crippen molar-refractivity contribution in [3.8, 4) is 0 Å². The van der Waals surface area contributed by atoms with Gasteiger partial charge in [0.15, 0.2) is 0 Å². The van der Waals surface area contributed by atoms with Gasteiger partial charge in [-0.05, 0) is 28.4 Å². The first kappa shape index (κ1) is 13.2. The lowest BCUT2D eigenvalue weighted by Crippen LogP contribution is -2.22. The molecule has 0 spiro atoms. The van der Waals surface area contributed by atoms with Crippen LogP contribution in [0.5, 0.6) is 0 Å². The monoisotopic (exact) mass is 308 g/mol. The molecule has 0 aliphatic carbocycles. The molecule has 1 aromatic rings. The molecule has 0 radical (unpaired) electrons. The summed E-state index contributed by atoms with van der Waals surface area (Å²) >= 11 is 3.15. The number of hydrogen-bond acceptors (Lipinski definition) is 3. The van der Waals surface area contributed by atoms with Crippen LogP contribution in [-0.2, 0) is 10.0 Å². The van der Waals surface area contributed by atoms with Crippen molar-refractivity contribution >= 4 is 31.6 Å². The third kappa shape index (κ3) is 3.97. The second-order valence-corrected chi connectivity index (χ2v) is 6.09. The molecule has 0 amide bonds. The van der Waals surface area contributed by atoms with Gasteiger partial charge in [-0.2, -0.15) is 0 Å². The van der Waals surface area contributed by atoms with Crippen LogP contribution in [0.2, 0.25) is 0 Å². The number of pyridine rings is 1. The van der Waals surface area contributed by atoms with Crippen LogP contribution in [0.15, 0.2) is 21.5 Å². The average molecular weight is 309 g/mol. The van der Waals surface area contributed by atoms with Crippen LogP contribution in [0.4, 0.5) is 5.69 Å². The third-order valence-corrected chi connectivity index (χ3v) is 3.71. The van der Waals surface area contributed by atoms with Crippen LogP contribution in [0.3, 0.4) is 0 Å². The predicted molar refractivity (Wildman–Crippen MR) is 67.1 cm³/mol. The summed E-state index contributed by atoms with van der Waals surface area (Å²) in [6, 6.07) is 1.43. The van der Waals surface area contributed by atoms with Gasteiger partial charge in [-0.15, -0.1) is 0 Å². The summed E-state index contributed by atoms with van der Waals surface area (Å²) in [7, 11) is -3.43. The van der Waals surface area contributed by atoms with Gasteiger partial charge in [0, 0.05) is 10.7 Å². The molecule has 1 rings (SSSR count). The van der Waals surface area contributed by atoms with Gasteiger partial charge in [0.2, 0.25) is 10.0 Å². The minimum Gasteiger partial charge on any atom is -0.326 e. The molecule has 2 N–H and O–H groups in total. The average Bonchev–Trinajstić information content (AvgIpc) is 2.20. The molecule has 7 heteroatoms. The summed E-state index contributed by atoms with van der Waals surface area (Å²) in [5.74, 6) is 0.0233. The van der Waals surface area contributed by atoms with Crippen molar-refractivity contribution in [1.29, 1.82) is 0 Å². The third-order valence-electron chi connectivity index (χ3n) is 1.90. The van der Waals surface area contributed by atoms with Gasteiger partial charge in [-0.1, -0.05) is 13.3 Å². The number of hydrogen-bond donors (Lipinski definition) is 2.